The second kappa shape index (κ2) is 9.69. The number of rotatable bonds is 5. The average molecular weight is 525 g/mol. The van der Waals surface area contributed by atoms with Crippen LogP contribution in [0.5, 0.6) is 0 Å². The van der Waals surface area contributed by atoms with Gasteiger partial charge >= 0.3 is 0 Å². The number of aromatic nitrogens is 2. The molecule has 0 atom stereocenters. The number of hydrogen-bond acceptors (Lipinski definition) is 6. The molecule has 1 aromatic heterocycles. The number of carbonyl (C=O) groups is 1. The first-order chi connectivity index (χ1) is 16.8. The highest BCUT2D eigenvalue weighted by Crippen LogP contribution is 2.34. The molecule has 0 N–H and O–H groups in total. The van der Waals surface area contributed by atoms with Crippen molar-refractivity contribution < 1.29 is 13.2 Å². The number of sulfonamides is 1. The number of benzene rings is 2. The Balaban J connectivity index is 1.54. The van der Waals surface area contributed by atoms with Gasteiger partial charge in [-0.3, -0.25) is 9.69 Å². The van der Waals surface area contributed by atoms with Crippen LogP contribution in [-0.4, -0.2) is 57.8 Å². The molecule has 2 aliphatic heterocycles. The van der Waals surface area contributed by atoms with E-state index in [2.05, 4.69) is 0 Å². The summed E-state index contributed by atoms with van der Waals surface area (Å²) in [7, 11) is -1.86. The predicted octanol–water partition coefficient (Wildman–Crippen LogP) is 4.54. The summed E-state index contributed by atoms with van der Waals surface area (Å²) in [6.07, 6.45) is 6.51. The van der Waals surface area contributed by atoms with Crippen LogP contribution in [0.15, 0.2) is 70.6 Å². The number of amides is 1. The lowest BCUT2D eigenvalue weighted by molar-refractivity contribution is -0.121. The molecular formula is C25H24N4O3S3. The molecule has 3 aromatic rings. The van der Waals surface area contributed by atoms with E-state index in [1.54, 1.807) is 46.4 Å². The molecule has 5 rings (SSSR count). The van der Waals surface area contributed by atoms with Crippen LogP contribution in [0.25, 0.3) is 23.0 Å². The smallest absolute Gasteiger partial charge is 0.265 e. The zero-order chi connectivity index (χ0) is 24.6. The number of piperidine rings is 1. The lowest BCUT2D eigenvalue weighted by Crippen LogP contribution is -2.35. The van der Waals surface area contributed by atoms with Crippen LogP contribution in [0.3, 0.4) is 0 Å². The van der Waals surface area contributed by atoms with E-state index in [1.165, 1.54) is 16.7 Å². The van der Waals surface area contributed by atoms with Gasteiger partial charge in [-0.25, -0.2) is 13.1 Å². The molecule has 3 heterocycles. The number of likely N-dealkylation sites (N-methyl/N-ethyl adjacent to an activating group) is 1. The summed E-state index contributed by atoms with van der Waals surface area (Å²) in [5.74, 6) is -0.151. The fourth-order valence-corrected chi connectivity index (χ4v) is 6.84. The van der Waals surface area contributed by atoms with Gasteiger partial charge in [-0.05, 0) is 43.2 Å². The summed E-state index contributed by atoms with van der Waals surface area (Å²) in [5, 5.41) is 4.78. The summed E-state index contributed by atoms with van der Waals surface area (Å²) in [6, 6.07) is 16.5. The highest BCUT2D eigenvalue weighted by atomic mass is 32.2. The molecule has 0 bridgehead atoms. The number of nitrogens with zero attached hydrogens (tertiary/aromatic N) is 4. The van der Waals surface area contributed by atoms with Gasteiger partial charge in [0.15, 0.2) is 0 Å². The van der Waals surface area contributed by atoms with Gasteiger partial charge in [0.25, 0.3) is 5.91 Å². The summed E-state index contributed by atoms with van der Waals surface area (Å²) >= 11 is 6.52. The lowest BCUT2D eigenvalue weighted by Gasteiger charge is -2.25. The van der Waals surface area contributed by atoms with Crippen LogP contribution in [0.2, 0.25) is 0 Å². The van der Waals surface area contributed by atoms with Crippen molar-refractivity contribution in [2.75, 3.05) is 20.1 Å². The molecule has 35 heavy (non-hydrogen) atoms. The van der Waals surface area contributed by atoms with Crippen molar-refractivity contribution in [3.63, 3.8) is 0 Å². The van der Waals surface area contributed by atoms with Crippen LogP contribution in [0.1, 0.15) is 24.8 Å². The Hall–Kier alpha value is -2.79. The summed E-state index contributed by atoms with van der Waals surface area (Å²) in [5.41, 5.74) is 3.03. The van der Waals surface area contributed by atoms with Crippen LogP contribution < -0.4 is 0 Å². The minimum atomic E-state index is -3.52. The number of carbonyl (C=O) groups excluding carboxylic acids is 1. The first kappa shape index (κ1) is 23.9. The highest BCUT2D eigenvalue weighted by molar-refractivity contribution is 8.26. The third kappa shape index (κ3) is 4.71. The van der Waals surface area contributed by atoms with E-state index >= 15 is 0 Å². The van der Waals surface area contributed by atoms with Crippen molar-refractivity contribution >= 4 is 50.3 Å². The van der Waals surface area contributed by atoms with Crippen LogP contribution in [0.4, 0.5) is 0 Å². The number of thioether (sulfide) groups is 1. The van der Waals surface area contributed by atoms with Crippen molar-refractivity contribution in [3.8, 4) is 16.9 Å². The fourth-order valence-electron chi connectivity index (χ4n) is 4.16. The van der Waals surface area contributed by atoms with Crippen molar-refractivity contribution in [1.82, 2.24) is 19.0 Å². The summed E-state index contributed by atoms with van der Waals surface area (Å²) in [6.45, 7) is 1.12. The Kier molecular flexibility index (Phi) is 6.63. The van der Waals surface area contributed by atoms with E-state index in [4.69, 9.17) is 17.3 Å². The topological polar surface area (TPSA) is 75.5 Å². The number of para-hydroxylation sites is 1. The fraction of sp³-hybridized carbons (Fsp3) is 0.240. The first-order valence-electron chi connectivity index (χ1n) is 11.3. The Morgan fingerprint density at radius 1 is 1.00 bits per heavy atom. The molecule has 10 heteroatoms. The Bertz CT molecular complexity index is 1410. The molecule has 2 aromatic carbocycles. The Morgan fingerprint density at radius 3 is 2.31 bits per heavy atom. The van der Waals surface area contributed by atoms with Gasteiger partial charge in [-0.1, -0.05) is 60.7 Å². The van der Waals surface area contributed by atoms with Crippen molar-refractivity contribution in [3.05, 3.63) is 71.3 Å². The third-order valence-corrected chi connectivity index (χ3v) is 9.51. The van der Waals surface area contributed by atoms with E-state index in [-0.39, 0.29) is 10.8 Å². The maximum atomic E-state index is 13.1. The SMILES string of the molecule is CN1C(=O)/C(=C/c2cn(-c3ccccc3)nc2-c2ccc(S(=O)(=O)N3CCCCC3)cc2)SC1=S. The molecule has 2 fully saturated rings. The van der Waals surface area contributed by atoms with E-state index < -0.39 is 10.0 Å². The average Bonchev–Trinajstić information content (AvgIpc) is 3.42. The second-order valence-corrected chi connectivity index (χ2v) is 12.1. The minimum absolute atomic E-state index is 0.151. The molecular weight excluding hydrogens is 501 g/mol. The minimum Gasteiger partial charge on any atom is -0.296 e. The van der Waals surface area contributed by atoms with Crippen molar-refractivity contribution in [1.29, 1.82) is 0 Å². The van der Waals surface area contributed by atoms with E-state index in [0.717, 1.165) is 36.1 Å². The molecule has 0 aliphatic carbocycles. The lowest BCUT2D eigenvalue weighted by atomic mass is 10.1. The molecule has 2 aliphatic rings. The van der Waals surface area contributed by atoms with Gasteiger partial charge in [0.1, 0.15) is 4.32 Å². The first-order valence-corrected chi connectivity index (χ1v) is 14.0. The maximum absolute atomic E-state index is 13.1. The standard InChI is InChI=1S/C25H24N4O3S3/c1-27-24(30)22(34-25(27)33)16-19-17-29(20-8-4-2-5-9-20)26-23(19)18-10-12-21(13-11-18)35(31,32)28-14-6-3-7-15-28/h2,4-5,8-13,16-17H,3,6-7,14-15H2,1H3/b22-16-. The normalized spacial score (nSPS) is 18.5. The van der Waals surface area contributed by atoms with Crippen LogP contribution >= 0.6 is 24.0 Å². The molecule has 0 unspecified atom stereocenters. The Labute approximate surface area is 214 Å². The van der Waals surface area contributed by atoms with E-state index in [0.29, 0.717) is 28.0 Å². The quantitative estimate of drug-likeness (QED) is 0.360. The highest BCUT2D eigenvalue weighted by Gasteiger charge is 2.30. The largest absolute Gasteiger partial charge is 0.296 e. The van der Waals surface area contributed by atoms with E-state index in [9.17, 15) is 13.2 Å². The third-order valence-electron chi connectivity index (χ3n) is 6.12. The zero-order valence-corrected chi connectivity index (χ0v) is 21.6. The maximum Gasteiger partial charge on any atom is 0.265 e. The number of hydrogen-bond donors (Lipinski definition) is 0. The summed E-state index contributed by atoms with van der Waals surface area (Å²) < 4.78 is 29.9. The molecule has 0 spiro atoms. The van der Waals surface area contributed by atoms with Gasteiger partial charge in [-0.15, -0.1) is 0 Å². The van der Waals surface area contributed by atoms with Gasteiger partial charge in [0, 0.05) is 37.5 Å². The molecule has 1 amide bonds. The van der Waals surface area contributed by atoms with Gasteiger partial charge in [0.2, 0.25) is 10.0 Å². The van der Waals surface area contributed by atoms with Gasteiger partial charge < -0.3 is 0 Å². The van der Waals surface area contributed by atoms with Crippen molar-refractivity contribution in [2.45, 2.75) is 24.2 Å². The molecule has 7 nitrogen and oxygen atoms in total. The van der Waals surface area contributed by atoms with E-state index in [1.807, 2.05) is 36.5 Å². The molecule has 180 valence electrons. The predicted molar refractivity (Wildman–Crippen MR) is 143 cm³/mol. The molecule has 0 saturated carbocycles. The number of thiocarbonyl (C=S) groups is 1. The van der Waals surface area contributed by atoms with Crippen molar-refractivity contribution in [2.24, 2.45) is 0 Å². The molecule has 2 saturated heterocycles. The van der Waals surface area contributed by atoms with Crippen LogP contribution in [0, 0.1) is 0 Å². The zero-order valence-electron chi connectivity index (χ0n) is 19.1. The molecule has 0 radical (unpaired) electrons. The second-order valence-electron chi connectivity index (χ2n) is 8.44. The monoisotopic (exact) mass is 524 g/mol. The van der Waals surface area contributed by atoms with Gasteiger partial charge in [0.05, 0.1) is 21.2 Å². The Morgan fingerprint density at radius 2 is 1.69 bits per heavy atom. The van der Waals surface area contributed by atoms with Crippen LogP contribution in [-0.2, 0) is 14.8 Å². The summed E-state index contributed by atoms with van der Waals surface area (Å²) in [4.78, 5) is 14.9. The van der Waals surface area contributed by atoms with Gasteiger partial charge in [-0.2, -0.15) is 9.40 Å².